The lowest BCUT2D eigenvalue weighted by Crippen LogP contribution is -2.59. The number of benzene rings is 2. The number of hydrogen-bond donors (Lipinski definition) is 1. The topological polar surface area (TPSA) is 108 Å². The fourth-order valence-corrected chi connectivity index (χ4v) is 8.35. The van der Waals surface area contributed by atoms with Crippen LogP contribution in [0.15, 0.2) is 59.7 Å². The van der Waals surface area contributed by atoms with Crippen molar-refractivity contribution in [2.75, 3.05) is 11.5 Å². The Labute approximate surface area is 295 Å². The first-order valence-corrected chi connectivity index (χ1v) is 21.2. The molecule has 0 unspecified atom stereocenters. The Kier molecular flexibility index (Phi) is 9.25. The predicted octanol–water partition coefficient (Wildman–Crippen LogP) is 6.63. The van der Waals surface area contributed by atoms with Gasteiger partial charge in [0, 0.05) is 63.7 Å². The molecule has 1 amide bonds. The molecule has 0 saturated carbocycles. The largest absolute Gasteiger partial charge is 0.445 e. The van der Waals surface area contributed by atoms with Crippen molar-refractivity contribution in [3.05, 3.63) is 75.8 Å². The Bertz CT molecular complexity index is 2110. The molecule has 2 aliphatic heterocycles. The van der Waals surface area contributed by atoms with Gasteiger partial charge in [0.25, 0.3) is 5.56 Å². The summed E-state index contributed by atoms with van der Waals surface area (Å²) in [5.74, 6) is 0.393. The van der Waals surface area contributed by atoms with Crippen LogP contribution in [0.3, 0.4) is 0 Å². The first-order valence-electron chi connectivity index (χ1n) is 17.1. The van der Waals surface area contributed by atoms with Crippen LogP contribution in [0.25, 0.3) is 33.1 Å². The molecule has 4 atom stereocenters. The Morgan fingerprint density at radius 2 is 1.86 bits per heavy atom. The van der Waals surface area contributed by atoms with Crippen molar-refractivity contribution in [2.24, 2.45) is 14.1 Å². The maximum absolute atomic E-state index is 16.3. The van der Waals surface area contributed by atoms with Gasteiger partial charge in [-0.2, -0.15) is 10.1 Å². The first kappa shape index (κ1) is 34.3. The fourth-order valence-electron chi connectivity index (χ4n) is 7.28. The van der Waals surface area contributed by atoms with E-state index in [0.717, 1.165) is 22.5 Å². The van der Waals surface area contributed by atoms with Gasteiger partial charge in [-0.15, -0.1) is 0 Å². The Balaban J connectivity index is 1.21. The zero-order valence-electron chi connectivity index (χ0n) is 29.0. The molecule has 11 nitrogen and oxygen atoms in total. The minimum absolute atomic E-state index is 0.103. The summed E-state index contributed by atoms with van der Waals surface area (Å²) >= 11 is 6.98. The number of nitrogens with zero attached hydrogens (tertiary/aromatic N) is 6. The summed E-state index contributed by atoms with van der Waals surface area (Å²) in [5, 5.41) is 8.94. The summed E-state index contributed by atoms with van der Waals surface area (Å²) in [6.07, 6.45) is 3.35. The monoisotopic (exact) mass is 719 g/mol. The van der Waals surface area contributed by atoms with Gasteiger partial charge in [0.2, 0.25) is 5.95 Å². The van der Waals surface area contributed by atoms with Crippen LogP contribution >= 0.6 is 11.6 Å². The molecule has 2 bridgehead atoms. The van der Waals surface area contributed by atoms with E-state index in [1.54, 1.807) is 11.7 Å². The standard InChI is InChI=1S/C36H43ClFN7O4Si/c1-42-18-26-27(41-42)13-12-24(31(26)37)25-19-44(21-48-15-16-50(3,4)5)33-30(25)34(46)43(2)35(40-33)45-23-11-14-29(45)32(38)28(17-23)39-36(47)49-20-22-9-7-6-8-10-22/h6-10,12-13,18-19,23,28-29,32H,11,14-17,20-21H2,1-5H3,(H,39,47)/t23-,28+,29+,32+/m0/s1. The number of carbonyl (C=O) groups excluding carboxylic acids is 1. The Morgan fingerprint density at radius 1 is 1.08 bits per heavy atom. The van der Waals surface area contributed by atoms with E-state index in [9.17, 15) is 9.59 Å². The number of nitrogens with one attached hydrogen (secondary N) is 1. The smallest absolute Gasteiger partial charge is 0.407 e. The maximum Gasteiger partial charge on any atom is 0.407 e. The summed E-state index contributed by atoms with van der Waals surface area (Å²) in [5.41, 5.74) is 3.14. The lowest BCUT2D eigenvalue weighted by atomic mass is 9.95. The number of aryl methyl sites for hydroxylation is 1. The molecule has 2 fully saturated rings. The van der Waals surface area contributed by atoms with E-state index in [2.05, 4.69) is 30.1 Å². The van der Waals surface area contributed by atoms with Gasteiger partial charge in [-0.05, 0) is 36.9 Å². The summed E-state index contributed by atoms with van der Waals surface area (Å²) in [4.78, 5) is 34.1. The predicted molar refractivity (Wildman–Crippen MR) is 196 cm³/mol. The lowest BCUT2D eigenvalue weighted by Gasteiger charge is -2.42. The minimum atomic E-state index is -1.39. The van der Waals surface area contributed by atoms with E-state index < -0.39 is 32.4 Å². The summed E-state index contributed by atoms with van der Waals surface area (Å²) < 4.78 is 32.9. The number of anilines is 1. The number of halogens is 2. The number of piperidine rings is 1. The molecule has 0 spiro atoms. The zero-order valence-corrected chi connectivity index (χ0v) is 30.8. The zero-order chi connectivity index (χ0) is 35.3. The highest BCUT2D eigenvalue weighted by Crippen LogP contribution is 2.42. The summed E-state index contributed by atoms with van der Waals surface area (Å²) in [7, 11) is 2.19. The van der Waals surface area contributed by atoms with Crippen molar-refractivity contribution >= 4 is 53.7 Å². The van der Waals surface area contributed by atoms with Crippen LogP contribution in [0.4, 0.5) is 15.1 Å². The summed E-state index contributed by atoms with van der Waals surface area (Å²) in [6, 6.07) is 12.7. The molecule has 2 aliphatic rings. The van der Waals surface area contributed by atoms with Crippen molar-refractivity contribution in [1.29, 1.82) is 0 Å². The molecule has 5 heterocycles. The molecule has 14 heteroatoms. The normalized spacial score (nSPS) is 20.6. The third-order valence-electron chi connectivity index (χ3n) is 9.90. The van der Waals surface area contributed by atoms with E-state index >= 15 is 4.39 Å². The van der Waals surface area contributed by atoms with Crippen LogP contribution in [0.5, 0.6) is 0 Å². The number of carbonyl (C=O) groups is 1. The molecular weight excluding hydrogens is 677 g/mol. The van der Waals surface area contributed by atoms with E-state index in [0.29, 0.717) is 59.0 Å². The van der Waals surface area contributed by atoms with Crippen LogP contribution in [0.2, 0.25) is 30.7 Å². The third kappa shape index (κ3) is 6.53. The van der Waals surface area contributed by atoms with Crippen molar-refractivity contribution in [2.45, 2.75) is 82.6 Å². The quantitative estimate of drug-likeness (QED) is 0.128. The van der Waals surface area contributed by atoms with Gasteiger partial charge < -0.3 is 24.3 Å². The van der Waals surface area contributed by atoms with Crippen LogP contribution in [0.1, 0.15) is 24.8 Å². The van der Waals surface area contributed by atoms with E-state index in [1.807, 2.05) is 71.4 Å². The minimum Gasteiger partial charge on any atom is -0.445 e. The van der Waals surface area contributed by atoms with E-state index in [4.69, 9.17) is 26.1 Å². The van der Waals surface area contributed by atoms with Crippen molar-refractivity contribution < 1.29 is 18.7 Å². The number of alkyl halides is 1. The molecule has 1 N–H and O–H groups in total. The van der Waals surface area contributed by atoms with E-state index in [1.165, 1.54) is 4.57 Å². The molecule has 2 aromatic carbocycles. The van der Waals surface area contributed by atoms with Crippen molar-refractivity contribution in [3.63, 3.8) is 0 Å². The highest BCUT2D eigenvalue weighted by molar-refractivity contribution is 6.76. The summed E-state index contributed by atoms with van der Waals surface area (Å²) in [6.45, 7) is 7.79. The molecule has 5 aromatic rings. The number of alkyl carbamates (subject to hydrolysis) is 1. The number of amides is 1. The van der Waals surface area contributed by atoms with Gasteiger partial charge in [-0.25, -0.2) is 9.18 Å². The molecule has 2 saturated heterocycles. The van der Waals surface area contributed by atoms with E-state index in [-0.39, 0.29) is 24.9 Å². The number of fused-ring (bicyclic) bond motifs is 4. The van der Waals surface area contributed by atoms with Crippen LogP contribution in [-0.4, -0.2) is 69.0 Å². The highest BCUT2D eigenvalue weighted by Gasteiger charge is 2.50. The SMILES string of the molecule is Cn1cc2c(Cl)c(-c3cn(COCC[Si](C)(C)C)c4nc(N5[C@H]6CC[C@@H]5[C@H](F)[C@H](NC(=O)OCc5ccccc5)C6)n(C)c(=O)c34)ccc2n1. The van der Waals surface area contributed by atoms with Gasteiger partial charge in [-0.1, -0.05) is 67.6 Å². The van der Waals surface area contributed by atoms with Gasteiger partial charge >= 0.3 is 6.09 Å². The lowest BCUT2D eigenvalue weighted by molar-refractivity contribution is 0.0899. The fraction of sp³-hybridized carbons (Fsp3) is 0.444. The van der Waals surface area contributed by atoms with Crippen molar-refractivity contribution in [1.82, 2.24) is 29.2 Å². The maximum atomic E-state index is 16.3. The Hall–Kier alpha value is -4.20. The molecule has 50 heavy (non-hydrogen) atoms. The van der Waals surface area contributed by atoms with Crippen LogP contribution in [-0.2, 0) is 36.9 Å². The second kappa shape index (κ2) is 13.5. The third-order valence-corrected chi connectivity index (χ3v) is 12.0. The van der Waals surface area contributed by atoms with Gasteiger partial charge in [-0.3, -0.25) is 14.0 Å². The number of rotatable bonds is 10. The van der Waals surface area contributed by atoms with Gasteiger partial charge in [0.1, 0.15) is 19.5 Å². The molecule has 264 valence electrons. The van der Waals surface area contributed by atoms with Gasteiger partial charge in [0.15, 0.2) is 5.65 Å². The van der Waals surface area contributed by atoms with Crippen LogP contribution < -0.4 is 15.8 Å². The number of ether oxygens (including phenoxy) is 2. The average Bonchev–Trinajstić information content (AvgIpc) is 3.75. The molecule has 0 aliphatic carbocycles. The molecule has 3 aromatic heterocycles. The average molecular weight is 720 g/mol. The molecular formula is C36H43ClFN7O4Si. The van der Waals surface area contributed by atoms with Crippen molar-refractivity contribution in [3.8, 4) is 11.1 Å². The number of hydrogen-bond acceptors (Lipinski definition) is 7. The molecule has 7 rings (SSSR count). The molecule has 0 radical (unpaired) electrons. The van der Waals surface area contributed by atoms with Gasteiger partial charge in [0.05, 0.1) is 28.0 Å². The Morgan fingerprint density at radius 3 is 2.62 bits per heavy atom. The van der Waals surface area contributed by atoms with Crippen LogP contribution in [0, 0.1) is 0 Å². The second-order valence-corrected chi connectivity index (χ2v) is 20.7. The second-order valence-electron chi connectivity index (χ2n) is 14.7. The first-order chi connectivity index (χ1) is 23.9. The highest BCUT2D eigenvalue weighted by atomic mass is 35.5. The number of aromatic nitrogens is 5.